The maximum Gasteiger partial charge on any atom is 0.311 e. The Labute approximate surface area is 164 Å². The SMILES string of the molecule is CCCC(=O)Oc1c(OCC)cccc1OCC1NC(=O)c2ccccc2N1. The molecule has 2 aromatic carbocycles. The Morgan fingerprint density at radius 2 is 1.75 bits per heavy atom. The first-order valence-corrected chi connectivity index (χ1v) is 9.38. The highest BCUT2D eigenvalue weighted by molar-refractivity contribution is 6.01. The molecule has 0 aromatic heterocycles. The van der Waals surface area contributed by atoms with Crippen LogP contribution in [0.15, 0.2) is 42.5 Å². The Kier molecular flexibility index (Phi) is 6.37. The molecule has 1 amide bonds. The molecule has 2 N–H and O–H groups in total. The van der Waals surface area contributed by atoms with Crippen molar-refractivity contribution in [3.8, 4) is 17.2 Å². The number of carbonyl (C=O) groups is 2. The minimum atomic E-state index is -0.419. The van der Waals surface area contributed by atoms with Crippen LogP contribution in [0.1, 0.15) is 37.0 Å². The van der Waals surface area contributed by atoms with Gasteiger partial charge in [-0.2, -0.15) is 0 Å². The van der Waals surface area contributed by atoms with Gasteiger partial charge in [0.2, 0.25) is 5.75 Å². The first kappa shape index (κ1) is 19.5. The maximum atomic E-state index is 12.2. The number of benzene rings is 2. The van der Waals surface area contributed by atoms with Crippen LogP contribution in [0.2, 0.25) is 0 Å². The fourth-order valence-electron chi connectivity index (χ4n) is 2.87. The van der Waals surface area contributed by atoms with Crippen molar-refractivity contribution in [3.05, 3.63) is 48.0 Å². The van der Waals surface area contributed by atoms with E-state index in [2.05, 4.69) is 10.6 Å². The zero-order valence-electron chi connectivity index (χ0n) is 16.0. The molecular formula is C21H24N2O5. The Bertz CT molecular complexity index is 852. The van der Waals surface area contributed by atoms with Crippen molar-refractivity contribution in [1.82, 2.24) is 5.32 Å². The zero-order chi connectivity index (χ0) is 19.9. The molecule has 7 heteroatoms. The van der Waals surface area contributed by atoms with E-state index in [1.54, 1.807) is 24.3 Å². The second kappa shape index (κ2) is 9.12. The molecule has 0 saturated heterocycles. The highest BCUT2D eigenvalue weighted by Crippen LogP contribution is 2.38. The van der Waals surface area contributed by atoms with Crippen LogP contribution in [-0.4, -0.2) is 31.3 Å². The van der Waals surface area contributed by atoms with Crippen molar-refractivity contribution in [2.24, 2.45) is 0 Å². The highest BCUT2D eigenvalue weighted by atomic mass is 16.6. The number of fused-ring (bicyclic) bond motifs is 1. The number of hydrogen-bond donors (Lipinski definition) is 2. The Morgan fingerprint density at radius 1 is 1.00 bits per heavy atom. The lowest BCUT2D eigenvalue weighted by Gasteiger charge is -2.28. The minimum absolute atomic E-state index is 0.147. The summed E-state index contributed by atoms with van der Waals surface area (Å²) >= 11 is 0. The standard InChI is InChI=1S/C21H24N2O5/c1-3-8-19(24)28-20-16(26-4-2)11-7-12-17(20)27-13-18-22-15-10-6-5-9-14(15)21(25)23-18/h5-7,9-12,18,22H,3-4,8,13H2,1-2H3,(H,23,25). The molecule has 1 aliphatic rings. The second-order valence-corrected chi connectivity index (χ2v) is 6.27. The van der Waals surface area contributed by atoms with Gasteiger partial charge < -0.3 is 24.8 Å². The summed E-state index contributed by atoms with van der Waals surface area (Å²) in [5.41, 5.74) is 1.34. The number of amides is 1. The number of nitrogens with one attached hydrogen (secondary N) is 2. The van der Waals surface area contributed by atoms with Crippen LogP contribution in [0, 0.1) is 0 Å². The lowest BCUT2D eigenvalue weighted by molar-refractivity contribution is -0.134. The van der Waals surface area contributed by atoms with E-state index >= 15 is 0 Å². The van der Waals surface area contributed by atoms with Crippen LogP contribution in [0.5, 0.6) is 17.2 Å². The van der Waals surface area contributed by atoms with E-state index < -0.39 is 6.17 Å². The third-order valence-corrected chi connectivity index (χ3v) is 4.12. The van der Waals surface area contributed by atoms with Gasteiger partial charge in [-0.1, -0.05) is 25.1 Å². The van der Waals surface area contributed by atoms with E-state index in [4.69, 9.17) is 14.2 Å². The van der Waals surface area contributed by atoms with E-state index in [-0.39, 0.29) is 24.2 Å². The number of hydrogen-bond acceptors (Lipinski definition) is 6. The van der Waals surface area contributed by atoms with E-state index in [0.717, 1.165) is 5.69 Å². The van der Waals surface area contributed by atoms with Crippen molar-refractivity contribution in [2.45, 2.75) is 32.9 Å². The second-order valence-electron chi connectivity index (χ2n) is 6.27. The molecule has 1 atom stereocenters. The fourth-order valence-corrected chi connectivity index (χ4v) is 2.87. The van der Waals surface area contributed by atoms with Gasteiger partial charge in [-0.15, -0.1) is 0 Å². The van der Waals surface area contributed by atoms with Crippen molar-refractivity contribution in [1.29, 1.82) is 0 Å². The van der Waals surface area contributed by atoms with Crippen LogP contribution in [0.25, 0.3) is 0 Å². The summed E-state index contributed by atoms with van der Waals surface area (Å²) in [6.07, 6.45) is 0.567. The first-order chi connectivity index (χ1) is 13.6. The summed E-state index contributed by atoms with van der Waals surface area (Å²) in [7, 11) is 0. The van der Waals surface area contributed by atoms with Gasteiger partial charge in [-0.05, 0) is 37.6 Å². The molecule has 0 bridgehead atoms. The summed E-state index contributed by atoms with van der Waals surface area (Å²) in [5, 5.41) is 6.07. The third kappa shape index (κ3) is 4.54. The minimum Gasteiger partial charge on any atom is -0.490 e. The van der Waals surface area contributed by atoms with E-state index in [0.29, 0.717) is 36.5 Å². The van der Waals surface area contributed by atoms with Crippen LogP contribution < -0.4 is 24.8 Å². The monoisotopic (exact) mass is 384 g/mol. The summed E-state index contributed by atoms with van der Waals surface area (Å²) < 4.78 is 16.9. The van der Waals surface area contributed by atoms with Gasteiger partial charge in [0.25, 0.3) is 5.91 Å². The molecule has 28 heavy (non-hydrogen) atoms. The average molecular weight is 384 g/mol. The molecule has 3 rings (SSSR count). The average Bonchev–Trinajstić information content (AvgIpc) is 2.68. The van der Waals surface area contributed by atoms with Crippen LogP contribution in [0.3, 0.4) is 0 Å². The normalized spacial score (nSPS) is 15.1. The molecule has 1 heterocycles. The lowest BCUT2D eigenvalue weighted by atomic mass is 10.1. The zero-order valence-corrected chi connectivity index (χ0v) is 16.0. The smallest absolute Gasteiger partial charge is 0.311 e. The molecule has 1 unspecified atom stereocenters. The molecule has 7 nitrogen and oxygen atoms in total. The number of anilines is 1. The van der Waals surface area contributed by atoms with Crippen LogP contribution in [0.4, 0.5) is 5.69 Å². The van der Waals surface area contributed by atoms with E-state index in [9.17, 15) is 9.59 Å². The van der Waals surface area contributed by atoms with Crippen molar-refractivity contribution in [2.75, 3.05) is 18.5 Å². The number of ether oxygens (including phenoxy) is 3. The largest absolute Gasteiger partial charge is 0.490 e. The molecule has 0 spiro atoms. The van der Waals surface area contributed by atoms with Crippen molar-refractivity contribution >= 4 is 17.6 Å². The Morgan fingerprint density at radius 3 is 2.50 bits per heavy atom. The molecule has 0 saturated carbocycles. The molecule has 2 aromatic rings. The van der Waals surface area contributed by atoms with Crippen molar-refractivity contribution < 1.29 is 23.8 Å². The number of rotatable bonds is 8. The highest BCUT2D eigenvalue weighted by Gasteiger charge is 2.24. The predicted octanol–water partition coefficient (Wildman–Crippen LogP) is 3.35. The van der Waals surface area contributed by atoms with Crippen molar-refractivity contribution in [3.63, 3.8) is 0 Å². The number of para-hydroxylation sites is 2. The van der Waals surface area contributed by atoms with Gasteiger partial charge in [-0.3, -0.25) is 9.59 Å². The summed E-state index contributed by atoms with van der Waals surface area (Å²) in [6, 6.07) is 12.5. The van der Waals surface area contributed by atoms with Crippen LogP contribution >= 0.6 is 0 Å². The van der Waals surface area contributed by atoms with E-state index in [1.807, 2.05) is 32.0 Å². The van der Waals surface area contributed by atoms with Gasteiger partial charge in [-0.25, -0.2) is 0 Å². The summed E-state index contributed by atoms with van der Waals surface area (Å²) in [6.45, 7) is 4.33. The topological polar surface area (TPSA) is 85.9 Å². The maximum absolute atomic E-state index is 12.2. The Balaban J connectivity index is 1.74. The third-order valence-electron chi connectivity index (χ3n) is 4.12. The molecule has 148 valence electrons. The van der Waals surface area contributed by atoms with Gasteiger partial charge >= 0.3 is 5.97 Å². The van der Waals surface area contributed by atoms with Gasteiger partial charge in [0.05, 0.1) is 12.2 Å². The Hall–Kier alpha value is -3.22. The van der Waals surface area contributed by atoms with Gasteiger partial charge in [0, 0.05) is 12.1 Å². The van der Waals surface area contributed by atoms with E-state index in [1.165, 1.54) is 0 Å². The molecular weight excluding hydrogens is 360 g/mol. The summed E-state index contributed by atoms with van der Waals surface area (Å²) in [4.78, 5) is 24.2. The van der Waals surface area contributed by atoms with Gasteiger partial charge in [0.15, 0.2) is 11.5 Å². The first-order valence-electron chi connectivity index (χ1n) is 9.38. The number of esters is 1. The molecule has 0 radical (unpaired) electrons. The quantitative estimate of drug-likeness (QED) is 0.536. The van der Waals surface area contributed by atoms with Crippen LogP contribution in [-0.2, 0) is 4.79 Å². The summed E-state index contributed by atoms with van der Waals surface area (Å²) in [5.74, 6) is 0.559. The molecule has 0 aliphatic carbocycles. The predicted molar refractivity (Wildman–Crippen MR) is 105 cm³/mol. The molecule has 1 aliphatic heterocycles. The fraction of sp³-hybridized carbons (Fsp3) is 0.333. The number of carbonyl (C=O) groups excluding carboxylic acids is 2. The molecule has 0 fully saturated rings. The lowest BCUT2D eigenvalue weighted by Crippen LogP contribution is -2.48. The van der Waals surface area contributed by atoms with Gasteiger partial charge in [0.1, 0.15) is 12.8 Å².